The molecule has 2 aromatic heterocycles. The monoisotopic (exact) mass is 432 g/mol. The quantitative estimate of drug-likeness (QED) is 0.384. The first-order valence-corrected chi connectivity index (χ1v) is 10.7. The van der Waals surface area contributed by atoms with Gasteiger partial charge in [-0.25, -0.2) is 9.97 Å². The number of aryl methyl sites for hydroxylation is 1. The number of amides is 1. The highest BCUT2D eigenvalue weighted by molar-refractivity contribution is 7.98. The molecular formula is C22H20N6O2S. The van der Waals surface area contributed by atoms with Crippen LogP contribution in [0.4, 0.5) is 5.69 Å². The van der Waals surface area contributed by atoms with Crippen molar-refractivity contribution in [3.8, 4) is 11.4 Å². The number of thioether (sulfide) groups is 1. The minimum absolute atomic E-state index is 0.196. The summed E-state index contributed by atoms with van der Waals surface area (Å²) in [6.45, 7) is 1.94. The van der Waals surface area contributed by atoms with Crippen molar-refractivity contribution in [3.63, 3.8) is 0 Å². The maximum Gasteiger partial charge on any atom is 0.255 e. The Bertz CT molecular complexity index is 1240. The number of hydrogen-bond donors (Lipinski definition) is 3. The molecule has 0 atom stereocenters. The summed E-state index contributed by atoms with van der Waals surface area (Å²) >= 11 is 1.54. The highest BCUT2D eigenvalue weighted by atomic mass is 32.2. The van der Waals surface area contributed by atoms with Crippen LogP contribution in [0.25, 0.3) is 11.4 Å². The number of benzene rings is 2. The van der Waals surface area contributed by atoms with E-state index in [9.17, 15) is 9.59 Å². The first kappa shape index (κ1) is 20.5. The number of carbonyl (C=O) groups is 1. The standard InChI is InChI=1S/C22H20N6O2S/c1-2-17-11-19(29)27-20(25-17)16-4-3-5-18(10-16)26-21(30)15-8-6-14(7-9-15)12-31-22-23-13-24-28-22/h3-11,13H,2,12H2,1H3,(H,26,30)(H,23,24,28)(H,25,27,29). The predicted octanol–water partition coefficient (Wildman–Crippen LogP) is 3.66. The van der Waals surface area contributed by atoms with E-state index in [1.807, 2.05) is 31.2 Å². The summed E-state index contributed by atoms with van der Waals surface area (Å²) in [6, 6.07) is 16.1. The van der Waals surface area contributed by atoms with Gasteiger partial charge in [0.1, 0.15) is 12.2 Å². The van der Waals surface area contributed by atoms with Crippen LogP contribution >= 0.6 is 11.8 Å². The molecule has 8 nitrogen and oxygen atoms in total. The third kappa shape index (κ3) is 5.26. The van der Waals surface area contributed by atoms with E-state index in [0.717, 1.165) is 27.7 Å². The van der Waals surface area contributed by atoms with Gasteiger partial charge in [-0.3, -0.25) is 14.7 Å². The van der Waals surface area contributed by atoms with Gasteiger partial charge in [0.15, 0.2) is 5.16 Å². The van der Waals surface area contributed by atoms with Gasteiger partial charge < -0.3 is 10.3 Å². The minimum atomic E-state index is -0.213. The van der Waals surface area contributed by atoms with Crippen LogP contribution < -0.4 is 10.9 Å². The SMILES string of the molecule is CCc1cc(=O)[nH]c(-c2cccc(NC(=O)c3ccc(CSc4ncn[nH]4)cc3)c2)n1. The van der Waals surface area contributed by atoms with Gasteiger partial charge in [0.25, 0.3) is 11.5 Å². The molecule has 31 heavy (non-hydrogen) atoms. The molecule has 4 aromatic rings. The zero-order valence-electron chi connectivity index (χ0n) is 16.8. The van der Waals surface area contributed by atoms with Crippen LogP contribution in [-0.2, 0) is 12.2 Å². The fourth-order valence-corrected chi connectivity index (χ4v) is 3.68. The molecule has 0 fully saturated rings. The second kappa shape index (κ2) is 9.40. The van der Waals surface area contributed by atoms with Crippen molar-refractivity contribution < 1.29 is 4.79 Å². The van der Waals surface area contributed by atoms with E-state index in [0.29, 0.717) is 23.5 Å². The molecule has 0 radical (unpaired) electrons. The number of hydrogen-bond acceptors (Lipinski definition) is 6. The molecule has 0 bridgehead atoms. The average molecular weight is 433 g/mol. The number of carbonyl (C=O) groups excluding carboxylic acids is 1. The molecule has 1 amide bonds. The molecule has 0 saturated heterocycles. The van der Waals surface area contributed by atoms with Gasteiger partial charge in [-0.05, 0) is 36.2 Å². The molecular weight excluding hydrogens is 412 g/mol. The molecule has 2 heterocycles. The van der Waals surface area contributed by atoms with Gasteiger partial charge in [0.05, 0.1) is 0 Å². The van der Waals surface area contributed by atoms with Crippen molar-refractivity contribution in [1.29, 1.82) is 0 Å². The summed E-state index contributed by atoms with van der Waals surface area (Å²) in [7, 11) is 0. The summed E-state index contributed by atoms with van der Waals surface area (Å²) in [5.41, 5.74) is 3.50. The van der Waals surface area contributed by atoms with E-state index in [4.69, 9.17) is 0 Å². The lowest BCUT2D eigenvalue weighted by atomic mass is 10.1. The van der Waals surface area contributed by atoms with Crippen LogP contribution in [0, 0.1) is 0 Å². The first-order valence-electron chi connectivity index (χ1n) is 9.70. The Morgan fingerprint density at radius 2 is 1.97 bits per heavy atom. The van der Waals surface area contributed by atoms with Crippen molar-refractivity contribution >= 4 is 23.4 Å². The van der Waals surface area contributed by atoms with E-state index in [-0.39, 0.29) is 11.5 Å². The van der Waals surface area contributed by atoms with Crippen molar-refractivity contribution in [2.75, 3.05) is 5.32 Å². The van der Waals surface area contributed by atoms with Crippen LogP contribution in [0.3, 0.4) is 0 Å². The van der Waals surface area contributed by atoms with Gasteiger partial charge in [-0.15, -0.1) is 0 Å². The van der Waals surface area contributed by atoms with E-state index < -0.39 is 0 Å². The van der Waals surface area contributed by atoms with E-state index in [1.165, 1.54) is 24.2 Å². The molecule has 3 N–H and O–H groups in total. The maximum absolute atomic E-state index is 12.7. The number of aromatic amines is 2. The largest absolute Gasteiger partial charge is 0.322 e. The molecule has 156 valence electrons. The van der Waals surface area contributed by atoms with Crippen LogP contribution in [0.5, 0.6) is 0 Å². The molecule has 9 heteroatoms. The number of anilines is 1. The Kier molecular flexibility index (Phi) is 6.23. The summed E-state index contributed by atoms with van der Waals surface area (Å²) < 4.78 is 0. The summed E-state index contributed by atoms with van der Waals surface area (Å²) in [5.74, 6) is 0.991. The molecule has 0 aliphatic carbocycles. The normalized spacial score (nSPS) is 10.7. The first-order chi connectivity index (χ1) is 15.1. The van der Waals surface area contributed by atoms with Crippen LogP contribution in [0.2, 0.25) is 0 Å². The van der Waals surface area contributed by atoms with Gasteiger partial charge in [0.2, 0.25) is 0 Å². The van der Waals surface area contributed by atoms with Gasteiger partial charge >= 0.3 is 0 Å². The number of nitrogens with one attached hydrogen (secondary N) is 3. The number of nitrogens with zero attached hydrogens (tertiary/aromatic N) is 3. The van der Waals surface area contributed by atoms with Gasteiger partial charge in [0, 0.05) is 34.3 Å². The van der Waals surface area contributed by atoms with Crippen molar-refractivity contribution in [1.82, 2.24) is 25.1 Å². The fourth-order valence-electron chi connectivity index (χ4n) is 2.94. The lowest BCUT2D eigenvalue weighted by Crippen LogP contribution is -2.12. The third-order valence-electron chi connectivity index (χ3n) is 4.54. The van der Waals surface area contributed by atoms with Crippen molar-refractivity contribution in [2.45, 2.75) is 24.3 Å². The smallest absolute Gasteiger partial charge is 0.255 e. The maximum atomic E-state index is 12.7. The number of H-pyrrole nitrogens is 2. The van der Waals surface area contributed by atoms with Crippen molar-refractivity contribution in [3.05, 3.63) is 88.1 Å². The van der Waals surface area contributed by atoms with Crippen molar-refractivity contribution in [2.24, 2.45) is 0 Å². The Morgan fingerprint density at radius 1 is 1.13 bits per heavy atom. The second-order valence-electron chi connectivity index (χ2n) is 6.75. The zero-order valence-corrected chi connectivity index (χ0v) is 17.6. The minimum Gasteiger partial charge on any atom is -0.322 e. The molecule has 2 aromatic carbocycles. The lowest BCUT2D eigenvalue weighted by molar-refractivity contribution is 0.102. The average Bonchev–Trinajstić information content (AvgIpc) is 3.31. The van der Waals surface area contributed by atoms with Crippen LogP contribution in [0.1, 0.15) is 28.5 Å². The topological polar surface area (TPSA) is 116 Å². The molecule has 0 saturated carbocycles. The highest BCUT2D eigenvalue weighted by Crippen LogP contribution is 2.21. The lowest BCUT2D eigenvalue weighted by Gasteiger charge is -2.09. The zero-order chi connectivity index (χ0) is 21.6. The summed E-state index contributed by atoms with van der Waals surface area (Å²) in [5, 5.41) is 10.3. The van der Waals surface area contributed by atoms with Crippen LogP contribution in [0.15, 0.2) is 70.9 Å². The van der Waals surface area contributed by atoms with E-state index >= 15 is 0 Å². The third-order valence-corrected chi connectivity index (χ3v) is 5.48. The highest BCUT2D eigenvalue weighted by Gasteiger charge is 2.09. The predicted molar refractivity (Wildman–Crippen MR) is 120 cm³/mol. The molecule has 0 spiro atoms. The molecule has 0 unspecified atom stereocenters. The van der Waals surface area contributed by atoms with Gasteiger partial charge in [-0.1, -0.05) is 43.0 Å². The summed E-state index contributed by atoms with van der Waals surface area (Å²) in [6.07, 6.45) is 2.14. The van der Waals surface area contributed by atoms with Crippen LogP contribution in [-0.4, -0.2) is 31.1 Å². The Labute approximate surface area is 182 Å². The number of rotatable bonds is 7. The fraction of sp³-hybridized carbons (Fsp3) is 0.136. The Balaban J connectivity index is 1.44. The van der Waals surface area contributed by atoms with Gasteiger partial charge in [-0.2, -0.15) is 5.10 Å². The number of aromatic nitrogens is 5. The molecule has 0 aliphatic rings. The summed E-state index contributed by atoms with van der Waals surface area (Å²) in [4.78, 5) is 35.8. The Hall–Kier alpha value is -3.72. The van der Waals surface area contributed by atoms with E-state index in [2.05, 4.69) is 30.5 Å². The second-order valence-corrected chi connectivity index (χ2v) is 7.71. The molecule has 4 rings (SSSR count). The Morgan fingerprint density at radius 3 is 2.71 bits per heavy atom. The van der Waals surface area contributed by atoms with E-state index in [1.54, 1.807) is 24.3 Å². The molecule has 0 aliphatic heterocycles.